The van der Waals surface area contributed by atoms with E-state index in [4.69, 9.17) is 10.4 Å². The van der Waals surface area contributed by atoms with Gasteiger partial charge in [-0.15, -0.1) is 0 Å². The van der Waals surface area contributed by atoms with Crippen LogP contribution in [0.4, 0.5) is 5.82 Å². The van der Waals surface area contributed by atoms with Crippen molar-refractivity contribution in [3.63, 3.8) is 0 Å². The first-order chi connectivity index (χ1) is 8.80. The van der Waals surface area contributed by atoms with Crippen LogP contribution in [-0.4, -0.2) is 22.1 Å². The van der Waals surface area contributed by atoms with Gasteiger partial charge in [-0.25, -0.2) is 4.98 Å². The van der Waals surface area contributed by atoms with Crippen molar-refractivity contribution in [3.8, 4) is 6.07 Å². The van der Waals surface area contributed by atoms with Crippen LogP contribution in [0.2, 0.25) is 0 Å². The van der Waals surface area contributed by atoms with Gasteiger partial charge >= 0.3 is 5.97 Å². The lowest BCUT2D eigenvalue weighted by atomic mass is 9.87. The van der Waals surface area contributed by atoms with E-state index >= 15 is 0 Å². The first kappa shape index (κ1) is 15.0. The summed E-state index contributed by atoms with van der Waals surface area (Å²) >= 11 is 0. The van der Waals surface area contributed by atoms with Crippen LogP contribution in [0, 0.1) is 16.7 Å². The van der Waals surface area contributed by atoms with E-state index in [2.05, 4.69) is 31.1 Å². The fourth-order valence-electron chi connectivity index (χ4n) is 1.91. The summed E-state index contributed by atoms with van der Waals surface area (Å²) in [5, 5.41) is 20.9. The van der Waals surface area contributed by atoms with E-state index in [1.807, 2.05) is 6.07 Å². The highest BCUT2D eigenvalue weighted by atomic mass is 16.4. The number of aliphatic carboxylic acids is 1. The number of nitrogens with one attached hydrogen (secondary N) is 1. The van der Waals surface area contributed by atoms with Gasteiger partial charge in [0, 0.05) is 12.2 Å². The monoisotopic (exact) mass is 261 g/mol. The molecule has 0 aliphatic rings. The fourth-order valence-corrected chi connectivity index (χ4v) is 1.91. The molecule has 0 aliphatic carbocycles. The molecular weight excluding hydrogens is 242 g/mol. The van der Waals surface area contributed by atoms with E-state index in [9.17, 15) is 4.79 Å². The molecule has 0 fully saturated rings. The highest BCUT2D eigenvalue weighted by Gasteiger charge is 2.21. The zero-order chi connectivity index (χ0) is 14.5. The Balaban J connectivity index is 2.81. The molecule has 0 saturated carbocycles. The molecule has 1 heterocycles. The second kappa shape index (κ2) is 6.19. The third kappa shape index (κ3) is 5.87. The Morgan fingerprint density at radius 2 is 2.26 bits per heavy atom. The Morgan fingerprint density at radius 1 is 1.58 bits per heavy atom. The van der Waals surface area contributed by atoms with Crippen molar-refractivity contribution in [2.24, 2.45) is 5.41 Å². The molecule has 19 heavy (non-hydrogen) atoms. The van der Waals surface area contributed by atoms with Gasteiger partial charge in [-0.05, 0) is 24.0 Å². The van der Waals surface area contributed by atoms with E-state index in [-0.39, 0.29) is 17.9 Å². The molecule has 0 amide bonds. The van der Waals surface area contributed by atoms with Crippen LogP contribution in [0.25, 0.3) is 0 Å². The maximum absolute atomic E-state index is 10.9. The summed E-state index contributed by atoms with van der Waals surface area (Å²) in [6.45, 7) is 6.17. The molecule has 0 spiro atoms. The number of nitriles is 1. The van der Waals surface area contributed by atoms with E-state index in [1.165, 1.54) is 6.20 Å². The maximum Gasteiger partial charge on any atom is 0.305 e. The second-order valence-corrected chi connectivity index (χ2v) is 5.75. The quantitative estimate of drug-likeness (QED) is 0.851. The van der Waals surface area contributed by atoms with Gasteiger partial charge in [-0.1, -0.05) is 20.8 Å². The predicted molar refractivity (Wildman–Crippen MR) is 72.7 cm³/mol. The molecule has 2 N–H and O–H groups in total. The van der Waals surface area contributed by atoms with Gasteiger partial charge in [0.2, 0.25) is 0 Å². The van der Waals surface area contributed by atoms with E-state index in [1.54, 1.807) is 12.1 Å². The van der Waals surface area contributed by atoms with Crippen LogP contribution in [-0.2, 0) is 4.79 Å². The van der Waals surface area contributed by atoms with Crippen LogP contribution in [0.1, 0.15) is 39.2 Å². The van der Waals surface area contributed by atoms with Gasteiger partial charge in [0.1, 0.15) is 5.82 Å². The Bertz CT molecular complexity index is 486. The van der Waals surface area contributed by atoms with Gasteiger partial charge < -0.3 is 10.4 Å². The van der Waals surface area contributed by atoms with Crippen molar-refractivity contribution in [3.05, 3.63) is 23.9 Å². The molecule has 5 nitrogen and oxygen atoms in total. The van der Waals surface area contributed by atoms with Crippen molar-refractivity contribution in [1.82, 2.24) is 4.98 Å². The standard InChI is InChI=1S/C14H19N3O2/c1-14(2,3)8-11(7-13(18)19)17-12-6-10(9-15)4-5-16-12/h4-6,11H,7-8H2,1-3H3,(H,16,17)(H,18,19). The number of anilines is 1. The average molecular weight is 261 g/mol. The van der Waals surface area contributed by atoms with Crippen molar-refractivity contribution >= 4 is 11.8 Å². The lowest BCUT2D eigenvalue weighted by molar-refractivity contribution is -0.137. The SMILES string of the molecule is CC(C)(C)CC(CC(=O)O)Nc1cc(C#N)ccn1. The molecule has 1 unspecified atom stereocenters. The zero-order valence-electron chi connectivity index (χ0n) is 11.5. The summed E-state index contributed by atoms with van der Waals surface area (Å²) in [6.07, 6.45) is 2.27. The highest BCUT2D eigenvalue weighted by molar-refractivity contribution is 5.68. The van der Waals surface area contributed by atoms with Crippen LogP contribution in [0.5, 0.6) is 0 Å². The number of hydrogen-bond donors (Lipinski definition) is 2. The van der Waals surface area contributed by atoms with Crippen LogP contribution in [0.3, 0.4) is 0 Å². The summed E-state index contributed by atoms with van der Waals surface area (Å²) in [4.78, 5) is 15.0. The number of carbonyl (C=O) groups is 1. The second-order valence-electron chi connectivity index (χ2n) is 5.75. The largest absolute Gasteiger partial charge is 0.481 e. The van der Waals surface area contributed by atoms with E-state index < -0.39 is 5.97 Å². The molecule has 0 radical (unpaired) electrons. The molecule has 1 rings (SSSR count). The minimum Gasteiger partial charge on any atom is -0.481 e. The smallest absolute Gasteiger partial charge is 0.305 e. The van der Waals surface area contributed by atoms with Crippen molar-refractivity contribution < 1.29 is 9.90 Å². The molecule has 0 saturated heterocycles. The van der Waals surface area contributed by atoms with Crippen LogP contribution >= 0.6 is 0 Å². The summed E-state index contributed by atoms with van der Waals surface area (Å²) in [6, 6.07) is 5.06. The number of hydrogen-bond acceptors (Lipinski definition) is 4. The summed E-state index contributed by atoms with van der Waals surface area (Å²) in [5.41, 5.74) is 0.516. The number of nitrogens with zero attached hydrogens (tertiary/aromatic N) is 2. The van der Waals surface area contributed by atoms with Crippen molar-refractivity contribution in [2.75, 3.05) is 5.32 Å². The van der Waals surface area contributed by atoms with Crippen molar-refractivity contribution in [2.45, 2.75) is 39.7 Å². The molecule has 1 atom stereocenters. The van der Waals surface area contributed by atoms with Gasteiger partial charge in [0.25, 0.3) is 0 Å². The van der Waals surface area contributed by atoms with Gasteiger partial charge in [-0.3, -0.25) is 4.79 Å². The van der Waals surface area contributed by atoms with Gasteiger partial charge in [-0.2, -0.15) is 5.26 Å². The molecular formula is C14H19N3O2. The van der Waals surface area contributed by atoms with Crippen LogP contribution in [0.15, 0.2) is 18.3 Å². The molecule has 0 aliphatic heterocycles. The minimum atomic E-state index is -0.849. The number of aromatic nitrogens is 1. The predicted octanol–water partition coefficient (Wildman–Crippen LogP) is 2.64. The lowest BCUT2D eigenvalue weighted by Gasteiger charge is -2.26. The van der Waals surface area contributed by atoms with E-state index in [0.29, 0.717) is 17.8 Å². The fraction of sp³-hybridized carbons (Fsp3) is 0.500. The maximum atomic E-state index is 10.9. The molecule has 5 heteroatoms. The Morgan fingerprint density at radius 3 is 2.79 bits per heavy atom. The third-order valence-corrected chi connectivity index (χ3v) is 2.52. The Hall–Kier alpha value is -2.09. The Labute approximate surface area is 113 Å². The lowest BCUT2D eigenvalue weighted by Crippen LogP contribution is -2.28. The molecule has 1 aromatic rings. The van der Waals surface area contributed by atoms with Gasteiger partial charge in [0.15, 0.2) is 0 Å². The molecule has 1 aromatic heterocycles. The Kier molecular flexibility index (Phi) is 4.87. The summed E-state index contributed by atoms with van der Waals surface area (Å²) in [5.74, 6) is -0.312. The van der Waals surface area contributed by atoms with E-state index in [0.717, 1.165) is 0 Å². The molecule has 0 aromatic carbocycles. The first-order valence-electron chi connectivity index (χ1n) is 6.14. The molecule has 102 valence electrons. The average Bonchev–Trinajstić information content (AvgIpc) is 2.26. The number of rotatable bonds is 5. The summed E-state index contributed by atoms with van der Waals surface area (Å²) in [7, 11) is 0. The minimum absolute atomic E-state index is 0.0138. The topological polar surface area (TPSA) is 86.0 Å². The van der Waals surface area contributed by atoms with Crippen LogP contribution < -0.4 is 5.32 Å². The number of carboxylic acid groups (broad SMARTS) is 1. The van der Waals surface area contributed by atoms with Crippen molar-refractivity contribution in [1.29, 1.82) is 5.26 Å². The molecule has 0 bridgehead atoms. The third-order valence-electron chi connectivity index (χ3n) is 2.52. The summed E-state index contributed by atoms with van der Waals surface area (Å²) < 4.78 is 0. The highest BCUT2D eigenvalue weighted by Crippen LogP contribution is 2.24. The van der Waals surface area contributed by atoms with Gasteiger partial charge in [0.05, 0.1) is 18.1 Å². The number of carboxylic acids is 1. The first-order valence-corrected chi connectivity index (χ1v) is 6.14. The zero-order valence-corrected chi connectivity index (χ0v) is 11.5. The normalized spacial score (nSPS) is 12.5. The number of pyridine rings is 1.